The highest BCUT2D eigenvalue weighted by molar-refractivity contribution is 7.90. The molecular weight excluding hydrogens is 354 g/mol. The Morgan fingerprint density at radius 1 is 0.962 bits per heavy atom. The van der Waals surface area contributed by atoms with Crippen molar-refractivity contribution in [2.75, 3.05) is 19.3 Å². The van der Waals surface area contributed by atoms with Crippen LogP contribution >= 0.6 is 0 Å². The van der Waals surface area contributed by atoms with Crippen LogP contribution in [0.15, 0.2) is 47.5 Å². The highest BCUT2D eigenvalue weighted by atomic mass is 32.2. The predicted octanol–water partition coefficient (Wildman–Crippen LogP) is 1.70. The lowest BCUT2D eigenvalue weighted by atomic mass is 10.2. The van der Waals surface area contributed by atoms with Crippen molar-refractivity contribution in [3.8, 4) is 0 Å². The number of hydrogen-bond donors (Lipinski definition) is 0. The van der Waals surface area contributed by atoms with Gasteiger partial charge in [-0.15, -0.1) is 0 Å². The molecule has 2 aromatic rings. The number of aromatic nitrogens is 1. The summed E-state index contributed by atoms with van der Waals surface area (Å²) in [6.07, 6.45) is 3.28. The minimum Gasteiger partial charge on any atom is -0.267 e. The van der Waals surface area contributed by atoms with Gasteiger partial charge in [-0.2, -0.15) is 0 Å². The maximum absolute atomic E-state index is 13.0. The summed E-state index contributed by atoms with van der Waals surface area (Å²) in [5, 5.41) is 2.68. The molecule has 0 saturated carbocycles. The van der Waals surface area contributed by atoms with Crippen molar-refractivity contribution >= 4 is 21.7 Å². The number of aryl methyl sites for hydroxylation is 1. The minimum absolute atomic E-state index is 0.0399. The molecular formula is C18H19N3O4S. The van der Waals surface area contributed by atoms with Crippen LogP contribution in [0, 0.1) is 6.92 Å². The van der Waals surface area contributed by atoms with E-state index in [1.165, 1.54) is 22.2 Å². The molecule has 1 saturated heterocycles. The van der Waals surface area contributed by atoms with E-state index in [-0.39, 0.29) is 16.4 Å². The van der Waals surface area contributed by atoms with E-state index in [0.29, 0.717) is 30.8 Å². The quantitative estimate of drug-likeness (QED) is 0.817. The first kappa shape index (κ1) is 18.1. The lowest BCUT2D eigenvalue weighted by Gasteiger charge is -2.28. The number of pyridine rings is 1. The molecule has 2 amide bonds. The molecule has 3 rings (SSSR count). The molecule has 0 aliphatic carbocycles. The average Bonchev–Trinajstić information content (AvgIpc) is 3.10. The van der Waals surface area contributed by atoms with Crippen LogP contribution in [0.2, 0.25) is 0 Å². The monoisotopic (exact) mass is 373 g/mol. The number of nitrogens with zero attached hydrogens (tertiary/aromatic N) is 3. The third-order valence-corrected chi connectivity index (χ3v) is 5.41. The highest BCUT2D eigenvalue weighted by Gasteiger charge is 2.34. The Labute approximate surface area is 152 Å². The van der Waals surface area contributed by atoms with Gasteiger partial charge in [-0.25, -0.2) is 18.4 Å². The van der Waals surface area contributed by atoms with Gasteiger partial charge in [0.2, 0.25) is 0 Å². The number of carbonyl (C=O) groups is 2. The van der Waals surface area contributed by atoms with Crippen LogP contribution in [0.5, 0.6) is 0 Å². The van der Waals surface area contributed by atoms with Crippen molar-refractivity contribution in [1.82, 2.24) is 15.0 Å². The van der Waals surface area contributed by atoms with Crippen molar-refractivity contribution in [2.24, 2.45) is 0 Å². The maximum atomic E-state index is 13.0. The first-order valence-corrected chi connectivity index (χ1v) is 10.0. The van der Waals surface area contributed by atoms with E-state index in [4.69, 9.17) is 0 Å². The van der Waals surface area contributed by atoms with Gasteiger partial charge in [0.25, 0.3) is 11.8 Å². The fraction of sp³-hybridized carbons (Fsp3) is 0.278. The van der Waals surface area contributed by atoms with Gasteiger partial charge >= 0.3 is 0 Å². The third kappa shape index (κ3) is 3.32. The number of amides is 2. The molecule has 1 aliphatic heterocycles. The second-order valence-corrected chi connectivity index (χ2v) is 8.10. The summed E-state index contributed by atoms with van der Waals surface area (Å²) in [5.41, 5.74) is 1.06. The van der Waals surface area contributed by atoms with Crippen molar-refractivity contribution in [3.63, 3.8) is 0 Å². The smallest absolute Gasteiger partial charge is 0.267 e. The van der Waals surface area contributed by atoms with E-state index >= 15 is 0 Å². The van der Waals surface area contributed by atoms with E-state index in [1.54, 1.807) is 37.4 Å². The molecule has 1 fully saturated rings. The van der Waals surface area contributed by atoms with Crippen LogP contribution in [0.4, 0.5) is 0 Å². The van der Waals surface area contributed by atoms with Gasteiger partial charge in [0, 0.05) is 25.5 Å². The maximum Gasteiger partial charge on any atom is 0.274 e. The fourth-order valence-electron chi connectivity index (χ4n) is 2.99. The molecule has 0 spiro atoms. The molecule has 1 aromatic heterocycles. The first-order chi connectivity index (χ1) is 12.3. The standard InChI is InChI=1S/C18H19N3O4S/c1-13-14(8-5-10-19-13)17(22)20-11-6-12-21(20)18(23)15-7-3-4-9-16(15)26(2,24)25/h3-5,7-10H,6,11-12H2,1-2H3. The Bertz CT molecular complexity index is 972. The molecule has 1 aromatic carbocycles. The predicted molar refractivity (Wildman–Crippen MR) is 95.2 cm³/mol. The third-order valence-electron chi connectivity index (χ3n) is 4.25. The fourth-order valence-corrected chi connectivity index (χ4v) is 3.87. The van der Waals surface area contributed by atoms with Crippen LogP contribution in [0.3, 0.4) is 0 Å². The number of sulfone groups is 1. The Kier molecular flexibility index (Phi) is 4.78. The molecule has 1 aliphatic rings. The van der Waals surface area contributed by atoms with Crippen LogP contribution < -0.4 is 0 Å². The molecule has 2 heterocycles. The zero-order valence-corrected chi connectivity index (χ0v) is 15.4. The molecule has 26 heavy (non-hydrogen) atoms. The zero-order chi connectivity index (χ0) is 18.9. The SMILES string of the molecule is Cc1ncccc1C(=O)N1CCCN1C(=O)c1ccccc1S(C)(=O)=O. The molecule has 7 nitrogen and oxygen atoms in total. The van der Waals surface area contributed by atoms with E-state index in [0.717, 1.165) is 6.26 Å². The van der Waals surface area contributed by atoms with Gasteiger partial charge in [-0.05, 0) is 37.6 Å². The summed E-state index contributed by atoms with van der Waals surface area (Å²) in [4.78, 5) is 29.9. The van der Waals surface area contributed by atoms with Gasteiger partial charge in [-0.1, -0.05) is 12.1 Å². The van der Waals surface area contributed by atoms with Gasteiger partial charge in [0.15, 0.2) is 9.84 Å². The van der Waals surface area contributed by atoms with Gasteiger partial charge < -0.3 is 0 Å². The van der Waals surface area contributed by atoms with Crippen molar-refractivity contribution in [2.45, 2.75) is 18.2 Å². The average molecular weight is 373 g/mol. The second-order valence-electron chi connectivity index (χ2n) is 6.11. The number of hydrogen-bond acceptors (Lipinski definition) is 5. The Balaban J connectivity index is 1.96. The zero-order valence-electron chi connectivity index (χ0n) is 14.5. The van der Waals surface area contributed by atoms with E-state index in [1.807, 2.05) is 0 Å². The Hall–Kier alpha value is -2.74. The van der Waals surface area contributed by atoms with Crippen molar-refractivity contribution in [1.29, 1.82) is 0 Å². The van der Waals surface area contributed by atoms with Crippen LogP contribution in [0.1, 0.15) is 32.8 Å². The van der Waals surface area contributed by atoms with Gasteiger partial charge in [0.05, 0.1) is 21.7 Å². The number of rotatable bonds is 3. The summed E-state index contributed by atoms with van der Waals surface area (Å²) < 4.78 is 24.0. The van der Waals surface area contributed by atoms with E-state index in [2.05, 4.69) is 4.98 Å². The van der Waals surface area contributed by atoms with E-state index < -0.39 is 15.7 Å². The number of benzene rings is 1. The molecule has 8 heteroatoms. The van der Waals surface area contributed by atoms with Crippen molar-refractivity contribution < 1.29 is 18.0 Å². The van der Waals surface area contributed by atoms with Crippen LogP contribution in [-0.4, -0.2) is 54.6 Å². The minimum atomic E-state index is -3.57. The van der Waals surface area contributed by atoms with Gasteiger partial charge in [0.1, 0.15) is 0 Å². The normalized spacial score (nSPS) is 14.5. The molecule has 0 atom stereocenters. The molecule has 0 bridgehead atoms. The molecule has 0 unspecified atom stereocenters. The summed E-state index contributed by atoms with van der Waals surface area (Å²) in [7, 11) is -3.57. The lowest BCUT2D eigenvalue weighted by Crippen LogP contribution is -2.45. The van der Waals surface area contributed by atoms with Gasteiger partial charge in [-0.3, -0.25) is 14.6 Å². The summed E-state index contributed by atoms with van der Waals surface area (Å²) in [5.74, 6) is -0.822. The highest BCUT2D eigenvalue weighted by Crippen LogP contribution is 2.22. The Morgan fingerprint density at radius 3 is 2.15 bits per heavy atom. The van der Waals surface area contributed by atoms with Crippen molar-refractivity contribution in [3.05, 3.63) is 59.4 Å². The molecule has 136 valence electrons. The Morgan fingerprint density at radius 2 is 1.54 bits per heavy atom. The first-order valence-electron chi connectivity index (χ1n) is 8.15. The summed E-state index contributed by atoms with van der Waals surface area (Å²) >= 11 is 0. The number of carbonyl (C=O) groups excluding carboxylic acids is 2. The second kappa shape index (κ2) is 6.87. The number of hydrazine groups is 1. The summed E-state index contributed by atoms with van der Waals surface area (Å²) in [6.45, 7) is 2.47. The van der Waals surface area contributed by atoms with E-state index in [9.17, 15) is 18.0 Å². The van der Waals surface area contributed by atoms with Crippen LogP contribution in [-0.2, 0) is 9.84 Å². The lowest BCUT2D eigenvalue weighted by molar-refractivity contribution is 0.0183. The molecule has 0 N–H and O–H groups in total. The summed E-state index contributed by atoms with van der Waals surface area (Å²) in [6, 6.07) is 9.37. The largest absolute Gasteiger partial charge is 0.274 e. The topological polar surface area (TPSA) is 87.7 Å². The van der Waals surface area contributed by atoms with Crippen LogP contribution in [0.25, 0.3) is 0 Å². The molecule has 0 radical (unpaired) electrons.